The molecule has 17 heavy (non-hydrogen) atoms. The minimum absolute atomic E-state index is 0.600. The van der Waals surface area contributed by atoms with Crippen LogP contribution in [0.25, 0.3) is 0 Å². The van der Waals surface area contributed by atoms with Crippen LogP contribution in [-0.4, -0.2) is 23.8 Å². The summed E-state index contributed by atoms with van der Waals surface area (Å²) in [7, 11) is 1.30. The van der Waals surface area contributed by atoms with Crippen LogP contribution in [0.3, 0.4) is 0 Å². The number of amides is 1. The van der Waals surface area contributed by atoms with E-state index in [-0.39, 0.29) is 0 Å². The first kappa shape index (κ1) is 14.4. The molecule has 92 valence electrons. The maximum atomic E-state index is 11.0. The van der Waals surface area contributed by atoms with Gasteiger partial charge < -0.3 is 4.74 Å². The molecule has 0 N–H and O–H groups in total. The Morgan fingerprint density at radius 1 is 1.47 bits per heavy atom. The first-order valence-electron chi connectivity index (χ1n) is 4.71. The van der Waals surface area contributed by atoms with Crippen molar-refractivity contribution in [1.82, 2.24) is 0 Å². The van der Waals surface area contributed by atoms with Gasteiger partial charge in [0, 0.05) is 4.90 Å². The molecule has 0 bridgehead atoms. The quantitative estimate of drug-likeness (QED) is 0.441. The topological polar surface area (TPSA) is 38.7 Å². The van der Waals surface area contributed by atoms with Crippen LogP contribution in [0.2, 0.25) is 5.02 Å². The van der Waals surface area contributed by atoms with E-state index in [0.717, 1.165) is 10.5 Å². The second-order valence-corrected chi connectivity index (χ2v) is 5.58. The highest BCUT2D eigenvalue weighted by atomic mass is 35.5. The largest absolute Gasteiger partial charge is 0.451 e. The lowest BCUT2D eigenvalue weighted by molar-refractivity contribution is 0.183. The summed E-state index contributed by atoms with van der Waals surface area (Å²) in [4.78, 5) is 15.7. The van der Waals surface area contributed by atoms with Crippen molar-refractivity contribution in [1.29, 1.82) is 0 Å². The second kappa shape index (κ2) is 6.93. The molecule has 1 rings (SSSR count). The number of aliphatic imine (C=N–C) groups is 1. The molecule has 1 aromatic rings. The lowest BCUT2D eigenvalue weighted by atomic mass is 10.2. The summed E-state index contributed by atoms with van der Waals surface area (Å²) in [6.07, 6.45) is 1.24. The second-order valence-electron chi connectivity index (χ2n) is 3.09. The van der Waals surface area contributed by atoms with Crippen LogP contribution in [0.4, 0.5) is 4.79 Å². The first-order chi connectivity index (χ1) is 8.06. The molecular weight excluding hydrogens is 278 g/mol. The molecule has 0 unspecified atom stereocenters. The molecule has 1 amide bonds. The summed E-state index contributed by atoms with van der Waals surface area (Å²) in [5.74, 6) is 0. The zero-order chi connectivity index (χ0) is 12.8. The average Bonchev–Trinajstić information content (AvgIpc) is 2.31. The first-order valence-corrected chi connectivity index (χ1v) is 7.13. The zero-order valence-electron chi connectivity index (χ0n) is 9.69. The van der Waals surface area contributed by atoms with E-state index in [2.05, 4.69) is 9.73 Å². The van der Waals surface area contributed by atoms with Crippen molar-refractivity contribution >= 4 is 45.6 Å². The maximum Gasteiger partial charge on any atom is 0.434 e. The van der Waals surface area contributed by atoms with Gasteiger partial charge in [-0.1, -0.05) is 29.4 Å². The van der Waals surface area contributed by atoms with Crippen molar-refractivity contribution in [3.63, 3.8) is 0 Å². The fraction of sp³-hybridized carbons (Fsp3) is 0.273. The Bertz CT molecular complexity index is 449. The van der Waals surface area contributed by atoms with Gasteiger partial charge in [0.05, 0.1) is 12.1 Å². The van der Waals surface area contributed by atoms with Crippen molar-refractivity contribution < 1.29 is 9.53 Å². The van der Waals surface area contributed by atoms with Crippen LogP contribution >= 0.6 is 35.1 Å². The van der Waals surface area contributed by atoms with Crippen LogP contribution in [-0.2, 0) is 4.74 Å². The van der Waals surface area contributed by atoms with E-state index >= 15 is 0 Å². The highest BCUT2D eigenvalue weighted by Crippen LogP contribution is 2.31. The monoisotopic (exact) mass is 289 g/mol. The summed E-state index contributed by atoms with van der Waals surface area (Å²) >= 11 is 8.82. The molecule has 0 aliphatic carbocycles. The summed E-state index contributed by atoms with van der Waals surface area (Å²) in [6, 6.07) is 5.75. The van der Waals surface area contributed by atoms with Crippen LogP contribution in [0.5, 0.6) is 0 Å². The molecule has 3 nitrogen and oxygen atoms in total. The van der Waals surface area contributed by atoms with E-state index in [9.17, 15) is 4.79 Å². The van der Waals surface area contributed by atoms with Gasteiger partial charge in [-0.2, -0.15) is 4.99 Å². The van der Waals surface area contributed by atoms with Gasteiger partial charge >= 0.3 is 6.09 Å². The van der Waals surface area contributed by atoms with Gasteiger partial charge in [0.1, 0.15) is 4.38 Å². The van der Waals surface area contributed by atoms with Gasteiger partial charge in [0.15, 0.2) is 0 Å². The third-order valence-corrected chi connectivity index (χ3v) is 4.27. The van der Waals surface area contributed by atoms with Gasteiger partial charge in [-0.05, 0) is 30.9 Å². The fourth-order valence-corrected chi connectivity index (χ4v) is 2.73. The number of hydrogen-bond acceptors (Lipinski definition) is 4. The summed E-state index contributed by atoms with van der Waals surface area (Å²) < 4.78 is 5.08. The van der Waals surface area contributed by atoms with Gasteiger partial charge in [0.25, 0.3) is 0 Å². The summed E-state index contributed by atoms with van der Waals surface area (Å²) in [5, 5.41) is 0.654. The van der Waals surface area contributed by atoms with E-state index in [4.69, 9.17) is 11.6 Å². The highest BCUT2D eigenvalue weighted by molar-refractivity contribution is 8.38. The Labute approximate surface area is 114 Å². The number of ether oxygens (including phenoxy) is 1. The molecule has 0 fully saturated rings. The number of methoxy groups -OCH3 is 1. The number of carbonyl (C=O) groups excluding carboxylic acids is 1. The molecule has 0 heterocycles. The molecule has 1 aromatic carbocycles. The Morgan fingerprint density at radius 2 is 2.18 bits per heavy atom. The molecule has 0 spiro atoms. The van der Waals surface area contributed by atoms with Crippen molar-refractivity contribution in [2.45, 2.75) is 11.8 Å². The summed E-state index contributed by atoms with van der Waals surface area (Å²) in [6.45, 7) is 1.97. The van der Waals surface area contributed by atoms with Crippen LogP contribution in [0.15, 0.2) is 28.1 Å². The molecular formula is C11H12ClNO2S2. The smallest absolute Gasteiger partial charge is 0.434 e. The lowest BCUT2D eigenvalue weighted by Crippen LogP contribution is -1.96. The number of hydrogen-bond donors (Lipinski definition) is 0. The van der Waals surface area contributed by atoms with E-state index in [1.807, 2.05) is 31.4 Å². The molecule has 0 atom stereocenters. The molecule has 6 heteroatoms. The van der Waals surface area contributed by atoms with E-state index < -0.39 is 6.09 Å². The molecule has 0 radical (unpaired) electrons. The Kier molecular flexibility index (Phi) is 5.88. The molecule has 0 aliphatic heterocycles. The lowest BCUT2D eigenvalue weighted by Gasteiger charge is -2.05. The number of nitrogens with zero attached hydrogens (tertiary/aromatic N) is 1. The van der Waals surface area contributed by atoms with E-state index in [1.165, 1.54) is 30.6 Å². The number of benzene rings is 1. The Balaban J connectivity index is 2.88. The van der Waals surface area contributed by atoms with Crippen molar-refractivity contribution in [2.24, 2.45) is 4.99 Å². The van der Waals surface area contributed by atoms with Gasteiger partial charge in [-0.25, -0.2) is 4.79 Å². The van der Waals surface area contributed by atoms with Crippen LogP contribution in [0.1, 0.15) is 5.56 Å². The van der Waals surface area contributed by atoms with Crippen molar-refractivity contribution in [2.75, 3.05) is 13.4 Å². The van der Waals surface area contributed by atoms with Crippen molar-refractivity contribution in [3.05, 3.63) is 28.8 Å². The molecule has 0 aliphatic rings. The van der Waals surface area contributed by atoms with Gasteiger partial charge in [-0.15, -0.1) is 11.8 Å². The van der Waals surface area contributed by atoms with E-state index in [0.29, 0.717) is 9.40 Å². The van der Waals surface area contributed by atoms with Crippen LogP contribution < -0.4 is 0 Å². The maximum absolute atomic E-state index is 11.0. The Hall–Kier alpha value is -0.650. The molecule has 0 saturated carbocycles. The number of halogens is 1. The molecule has 0 aromatic heterocycles. The van der Waals surface area contributed by atoms with Crippen LogP contribution in [0, 0.1) is 6.92 Å². The third-order valence-electron chi connectivity index (χ3n) is 1.82. The standard InChI is InChI=1S/C11H12ClNO2S2/c1-7-4-5-9(8(12)6-7)17-11(16-3)13-10(14)15-2/h4-6H,1-3H3. The Morgan fingerprint density at radius 3 is 2.71 bits per heavy atom. The van der Waals surface area contributed by atoms with Gasteiger partial charge in [0.2, 0.25) is 0 Å². The minimum atomic E-state index is -0.606. The fourth-order valence-electron chi connectivity index (χ4n) is 1.01. The summed E-state index contributed by atoms with van der Waals surface area (Å²) in [5.41, 5.74) is 1.09. The van der Waals surface area contributed by atoms with Crippen molar-refractivity contribution in [3.8, 4) is 0 Å². The SMILES string of the molecule is COC(=O)N=C(SC)Sc1ccc(C)cc1Cl. The van der Waals surface area contributed by atoms with E-state index in [1.54, 1.807) is 0 Å². The molecule has 0 saturated heterocycles. The number of carbonyl (C=O) groups is 1. The third kappa shape index (κ3) is 4.61. The average molecular weight is 290 g/mol. The number of thioether (sulfide) groups is 2. The predicted molar refractivity (Wildman–Crippen MR) is 75.4 cm³/mol. The zero-order valence-corrected chi connectivity index (χ0v) is 12.1. The number of aryl methyl sites for hydroxylation is 1. The number of rotatable bonds is 1. The normalized spacial score (nSPS) is 11.4. The van der Waals surface area contributed by atoms with Gasteiger partial charge in [-0.3, -0.25) is 0 Å². The minimum Gasteiger partial charge on any atom is -0.451 e. The predicted octanol–water partition coefficient (Wildman–Crippen LogP) is 4.23. The highest BCUT2D eigenvalue weighted by Gasteiger charge is 2.08.